The number of carbonyl (C=O) groups is 1. The molecule has 1 aliphatic rings. The van der Waals surface area contributed by atoms with Gasteiger partial charge in [0.1, 0.15) is 5.01 Å². The molecule has 2 heterocycles. The zero-order valence-corrected chi connectivity index (χ0v) is 14.8. The fraction of sp³-hybridized carbons (Fsp3) is 0.444. The molecule has 0 N–H and O–H groups in total. The van der Waals surface area contributed by atoms with Crippen LogP contribution in [0.25, 0.3) is 0 Å². The van der Waals surface area contributed by atoms with Crippen LogP contribution in [-0.2, 0) is 11.2 Å². The summed E-state index contributed by atoms with van der Waals surface area (Å²) in [6.45, 7) is 0.828. The lowest BCUT2D eigenvalue weighted by Gasteiger charge is -2.23. The Labute approximate surface area is 146 Å². The summed E-state index contributed by atoms with van der Waals surface area (Å²) in [5.41, 5.74) is 1.07. The number of amides is 1. The van der Waals surface area contributed by atoms with E-state index in [4.69, 9.17) is 9.47 Å². The van der Waals surface area contributed by atoms with Crippen molar-refractivity contribution in [2.45, 2.75) is 31.7 Å². The molecule has 24 heavy (non-hydrogen) atoms. The van der Waals surface area contributed by atoms with E-state index >= 15 is 0 Å². The standard InChI is InChI=1S/C18H22N2O3S/c1-22-15-7-5-13(12-16(15)23-2)6-8-17(21)20-10-3-4-14(20)18-19-9-11-24-18/h5,7,9,11-12,14H,3-4,6,8,10H2,1-2H3. The van der Waals surface area contributed by atoms with E-state index in [0.29, 0.717) is 24.3 Å². The van der Waals surface area contributed by atoms with Crippen molar-refractivity contribution in [3.05, 3.63) is 40.3 Å². The van der Waals surface area contributed by atoms with Gasteiger partial charge in [-0.2, -0.15) is 0 Å². The largest absolute Gasteiger partial charge is 0.493 e. The molecule has 1 aliphatic heterocycles. The average molecular weight is 346 g/mol. The maximum atomic E-state index is 12.6. The van der Waals surface area contributed by atoms with Gasteiger partial charge >= 0.3 is 0 Å². The molecule has 128 valence electrons. The SMILES string of the molecule is COc1ccc(CCC(=O)N2CCCC2c2nccs2)cc1OC. The minimum atomic E-state index is 0.155. The van der Waals surface area contributed by atoms with Crippen molar-refractivity contribution in [3.8, 4) is 11.5 Å². The molecule has 1 aromatic heterocycles. The third-order valence-electron chi connectivity index (χ3n) is 4.39. The van der Waals surface area contributed by atoms with Crippen molar-refractivity contribution >= 4 is 17.2 Å². The van der Waals surface area contributed by atoms with Crippen LogP contribution in [0.3, 0.4) is 0 Å². The summed E-state index contributed by atoms with van der Waals surface area (Å²) >= 11 is 1.63. The third-order valence-corrected chi connectivity index (χ3v) is 5.26. The van der Waals surface area contributed by atoms with Crippen LogP contribution in [0, 0.1) is 0 Å². The van der Waals surface area contributed by atoms with Crippen LogP contribution in [0.15, 0.2) is 29.8 Å². The number of methoxy groups -OCH3 is 2. The smallest absolute Gasteiger partial charge is 0.223 e. The van der Waals surface area contributed by atoms with Crippen molar-refractivity contribution < 1.29 is 14.3 Å². The lowest BCUT2D eigenvalue weighted by molar-refractivity contribution is -0.132. The average Bonchev–Trinajstić information content (AvgIpc) is 3.29. The predicted octanol–water partition coefficient (Wildman–Crippen LogP) is 3.46. The Kier molecular flexibility index (Phi) is 5.35. The molecule has 0 bridgehead atoms. The molecule has 0 aliphatic carbocycles. The van der Waals surface area contributed by atoms with Gasteiger partial charge in [-0.3, -0.25) is 4.79 Å². The normalized spacial score (nSPS) is 17.1. The molecule has 6 heteroatoms. The Hall–Kier alpha value is -2.08. The first kappa shape index (κ1) is 16.8. The van der Waals surface area contributed by atoms with Gasteiger partial charge < -0.3 is 14.4 Å². The van der Waals surface area contributed by atoms with Crippen molar-refractivity contribution in [1.82, 2.24) is 9.88 Å². The topological polar surface area (TPSA) is 51.7 Å². The van der Waals surface area contributed by atoms with E-state index in [0.717, 1.165) is 30.0 Å². The Morgan fingerprint density at radius 2 is 2.17 bits per heavy atom. The number of ether oxygens (including phenoxy) is 2. The van der Waals surface area contributed by atoms with E-state index in [2.05, 4.69) is 4.98 Å². The first-order valence-corrected chi connectivity index (χ1v) is 9.00. The molecule has 2 aromatic rings. The Bertz CT molecular complexity index is 688. The molecule has 3 rings (SSSR count). The summed E-state index contributed by atoms with van der Waals surface area (Å²) in [5.74, 6) is 1.60. The van der Waals surface area contributed by atoms with E-state index in [1.54, 1.807) is 25.6 Å². The highest BCUT2D eigenvalue weighted by Gasteiger charge is 2.31. The van der Waals surface area contributed by atoms with Crippen LogP contribution in [0.4, 0.5) is 0 Å². The van der Waals surface area contributed by atoms with Gasteiger partial charge in [0.25, 0.3) is 0 Å². The summed E-state index contributed by atoms with van der Waals surface area (Å²) in [6.07, 6.45) is 5.06. The lowest BCUT2D eigenvalue weighted by atomic mass is 10.1. The number of aromatic nitrogens is 1. The molecule has 1 atom stereocenters. The van der Waals surface area contributed by atoms with Crippen LogP contribution in [-0.4, -0.2) is 36.6 Å². The Morgan fingerprint density at radius 3 is 2.88 bits per heavy atom. The number of aryl methyl sites for hydroxylation is 1. The molecule has 0 spiro atoms. The third kappa shape index (κ3) is 3.53. The number of carbonyl (C=O) groups excluding carboxylic acids is 1. The van der Waals surface area contributed by atoms with Crippen molar-refractivity contribution in [2.75, 3.05) is 20.8 Å². The van der Waals surface area contributed by atoms with Crippen LogP contribution in [0.1, 0.15) is 35.9 Å². The second-order valence-electron chi connectivity index (χ2n) is 5.80. The van der Waals surface area contributed by atoms with Gasteiger partial charge in [0, 0.05) is 24.5 Å². The number of hydrogen-bond acceptors (Lipinski definition) is 5. The van der Waals surface area contributed by atoms with Gasteiger partial charge in [0.2, 0.25) is 5.91 Å². The van der Waals surface area contributed by atoms with Gasteiger partial charge in [-0.1, -0.05) is 6.07 Å². The maximum absolute atomic E-state index is 12.6. The van der Waals surface area contributed by atoms with E-state index in [-0.39, 0.29) is 11.9 Å². The number of rotatable bonds is 6. The first-order chi connectivity index (χ1) is 11.7. The number of nitrogens with zero attached hydrogens (tertiary/aromatic N) is 2. The zero-order valence-electron chi connectivity index (χ0n) is 14.0. The Morgan fingerprint density at radius 1 is 1.33 bits per heavy atom. The minimum absolute atomic E-state index is 0.155. The molecule has 1 unspecified atom stereocenters. The Balaban J connectivity index is 1.63. The highest BCUT2D eigenvalue weighted by atomic mass is 32.1. The van der Waals surface area contributed by atoms with E-state index < -0.39 is 0 Å². The summed E-state index contributed by atoms with van der Waals surface area (Å²) in [5, 5.41) is 3.02. The quantitative estimate of drug-likeness (QED) is 0.804. The maximum Gasteiger partial charge on any atom is 0.223 e. The van der Waals surface area contributed by atoms with E-state index in [1.165, 1.54) is 0 Å². The van der Waals surface area contributed by atoms with Gasteiger partial charge in [-0.25, -0.2) is 4.98 Å². The highest BCUT2D eigenvalue weighted by molar-refractivity contribution is 7.09. The van der Waals surface area contributed by atoms with Crippen molar-refractivity contribution in [1.29, 1.82) is 0 Å². The number of thiazole rings is 1. The number of hydrogen-bond donors (Lipinski definition) is 0. The fourth-order valence-electron chi connectivity index (χ4n) is 3.15. The number of benzene rings is 1. The second kappa shape index (κ2) is 7.66. The first-order valence-electron chi connectivity index (χ1n) is 8.12. The van der Waals surface area contributed by atoms with Crippen molar-refractivity contribution in [2.24, 2.45) is 0 Å². The minimum Gasteiger partial charge on any atom is -0.493 e. The molecular formula is C18H22N2O3S. The summed E-state index contributed by atoms with van der Waals surface area (Å²) in [4.78, 5) is 19.0. The molecule has 0 radical (unpaired) electrons. The van der Waals surface area contributed by atoms with Gasteiger partial charge in [0.05, 0.1) is 20.3 Å². The molecule has 1 amide bonds. The lowest BCUT2D eigenvalue weighted by Crippen LogP contribution is -2.30. The zero-order chi connectivity index (χ0) is 16.9. The number of likely N-dealkylation sites (tertiary alicyclic amines) is 1. The van der Waals surface area contributed by atoms with Crippen LogP contribution in [0.2, 0.25) is 0 Å². The van der Waals surface area contributed by atoms with Gasteiger partial charge in [-0.05, 0) is 37.0 Å². The predicted molar refractivity (Wildman–Crippen MR) is 93.7 cm³/mol. The monoisotopic (exact) mass is 346 g/mol. The van der Waals surface area contributed by atoms with E-state index in [9.17, 15) is 4.79 Å². The fourth-order valence-corrected chi connectivity index (χ4v) is 3.94. The van der Waals surface area contributed by atoms with Crippen LogP contribution >= 0.6 is 11.3 Å². The summed E-state index contributed by atoms with van der Waals surface area (Å²) in [7, 11) is 3.24. The molecular weight excluding hydrogens is 324 g/mol. The molecule has 0 saturated carbocycles. The van der Waals surface area contributed by atoms with Crippen LogP contribution < -0.4 is 9.47 Å². The molecule has 1 saturated heterocycles. The molecule has 5 nitrogen and oxygen atoms in total. The summed E-state index contributed by atoms with van der Waals surface area (Å²) in [6, 6.07) is 5.96. The van der Waals surface area contributed by atoms with Crippen LogP contribution in [0.5, 0.6) is 11.5 Å². The van der Waals surface area contributed by atoms with E-state index in [1.807, 2.05) is 34.7 Å². The van der Waals surface area contributed by atoms with Gasteiger partial charge in [-0.15, -0.1) is 11.3 Å². The summed E-state index contributed by atoms with van der Waals surface area (Å²) < 4.78 is 10.6. The molecule has 1 fully saturated rings. The second-order valence-corrected chi connectivity index (χ2v) is 6.73. The molecule has 1 aromatic carbocycles. The van der Waals surface area contributed by atoms with Gasteiger partial charge in [0.15, 0.2) is 11.5 Å². The van der Waals surface area contributed by atoms with Crippen molar-refractivity contribution in [3.63, 3.8) is 0 Å². The highest BCUT2D eigenvalue weighted by Crippen LogP contribution is 2.34.